The zero-order valence-electron chi connectivity index (χ0n) is 46.2. The number of nitrogens with zero attached hydrogens (tertiary/aromatic N) is 5. The maximum Gasteiger partial charge on any atom is 0.268 e. The standard InChI is InChI=1S/C69H70BN5S/c1-11-13-19-44-26-29-46(30-27-44)52-40-45(20-14-12-2)28-35-58(52)74-59-36-31-47(67(4,5)6)41-55(59)70-61-64(71-66(72-65(61)74)75-56-23-17-15-21-49(56)50-22-16-18-24-57(50)75)73(62-51-33-25-43(3)39-60(51)76-63(62)70)48-32-34-53-54(42-48)69(9,10)38-37-68(53,7)8/h15-18,21-36,39-42H,11-14,19-20,37-38H2,1-10H3. The van der Waals surface area contributed by atoms with E-state index in [1.807, 2.05) is 11.3 Å². The topological polar surface area (TPSA) is 37.2 Å². The highest BCUT2D eigenvalue weighted by atomic mass is 32.1. The average molecular weight is 1010 g/mol. The Labute approximate surface area is 454 Å². The van der Waals surface area contributed by atoms with E-state index in [0.717, 1.165) is 83.7 Å². The number of anilines is 6. The molecule has 0 unspecified atom stereocenters. The zero-order valence-corrected chi connectivity index (χ0v) is 47.1. The van der Waals surface area contributed by atoms with Crippen molar-refractivity contribution in [2.24, 2.45) is 0 Å². The summed E-state index contributed by atoms with van der Waals surface area (Å²) in [6.07, 6.45) is 9.07. The Balaban J connectivity index is 1.18. The molecule has 3 aromatic heterocycles. The van der Waals surface area contributed by atoms with Gasteiger partial charge in [0, 0.05) is 48.0 Å². The average Bonchev–Trinajstić information content (AvgIpc) is 4.04. The fourth-order valence-electron chi connectivity index (χ4n) is 13.0. The van der Waals surface area contributed by atoms with Crippen molar-refractivity contribution in [2.45, 2.75) is 137 Å². The zero-order chi connectivity index (χ0) is 52.4. The molecule has 10 aromatic rings. The summed E-state index contributed by atoms with van der Waals surface area (Å²) in [5.41, 5.74) is 19.9. The second-order valence-electron chi connectivity index (χ2n) is 24.6. The molecule has 1 aliphatic carbocycles. The van der Waals surface area contributed by atoms with Crippen LogP contribution in [-0.2, 0) is 29.1 Å². The van der Waals surface area contributed by atoms with Crippen molar-refractivity contribution < 1.29 is 0 Å². The van der Waals surface area contributed by atoms with Crippen LogP contribution in [0.5, 0.6) is 0 Å². The van der Waals surface area contributed by atoms with E-state index in [4.69, 9.17) is 9.97 Å². The van der Waals surface area contributed by atoms with Crippen LogP contribution < -0.4 is 25.5 Å². The van der Waals surface area contributed by atoms with Crippen LogP contribution in [0.4, 0.5) is 34.4 Å². The van der Waals surface area contributed by atoms with Crippen LogP contribution in [0.25, 0.3) is 49.0 Å². The van der Waals surface area contributed by atoms with E-state index in [1.54, 1.807) is 0 Å². The third-order valence-corrected chi connectivity index (χ3v) is 18.7. The molecule has 0 fully saturated rings. The van der Waals surface area contributed by atoms with Gasteiger partial charge in [0.25, 0.3) is 6.71 Å². The number of hydrogen-bond acceptors (Lipinski definition) is 5. The number of unbranched alkanes of at least 4 members (excludes halogenated alkanes) is 2. The van der Waals surface area contributed by atoms with E-state index in [2.05, 4.69) is 229 Å². The highest BCUT2D eigenvalue weighted by molar-refractivity contribution is 7.33. The molecule has 13 rings (SSSR count). The lowest BCUT2D eigenvalue weighted by molar-refractivity contribution is 0.332. The molecule has 0 amide bonds. The molecule has 5 nitrogen and oxygen atoms in total. The minimum absolute atomic E-state index is 0.00205. The van der Waals surface area contributed by atoms with Crippen molar-refractivity contribution in [2.75, 3.05) is 9.80 Å². The van der Waals surface area contributed by atoms with Crippen molar-refractivity contribution >= 4 is 100 Å². The van der Waals surface area contributed by atoms with Crippen LogP contribution in [0.15, 0.2) is 146 Å². The smallest absolute Gasteiger partial charge is 0.268 e. The van der Waals surface area contributed by atoms with Crippen LogP contribution in [-0.4, -0.2) is 21.2 Å². The van der Waals surface area contributed by atoms with Crippen LogP contribution in [0.1, 0.15) is 134 Å². The Morgan fingerprint density at radius 2 is 1.24 bits per heavy atom. The van der Waals surface area contributed by atoms with Crippen molar-refractivity contribution in [3.05, 3.63) is 179 Å². The Bertz CT molecular complexity index is 3890. The molecule has 0 bridgehead atoms. The summed E-state index contributed by atoms with van der Waals surface area (Å²) in [4.78, 5) is 17.3. The van der Waals surface area contributed by atoms with Crippen LogP contribution >= 0.6 is 11.3 Å². The number of benzene rings is 7. The fourth-order valence-corrected chi connectivity index (χ4v) is 14.4. The maximum absolute atomic E-state index is 6.08. The summed E-state index contributed by atoms with van der Waals surface area (Å²) in [6.45, 7) is 23.5. The lowest BCUT2D eigenvalue weighted by atomic mass is 9.36. The predicted molar refractivity (Wildman–Crippen MR) is 327 cm³/mol. The first-order valence-electron chi connectivity index (χ1n) is 28.2. The molecule has 76 heavy (non-hydrogen) atoms. The monoisotopic (exact) mass is 1010 g/mol. The maximum atomic E-state index is 6.08. The number of thiophene rings is 1. The van der Waals surface area contributed by atoms with Gasteiger partial charge in [-0.1, -0.05) is 172 Å². The normalized spacial score (nSPS) is 15.3. The lowest BCUT2D eigenvalue weighted by Gasteiger charge is -2.44. The van der Waals surface area contributed by atoms with Gasteiger partial charge in [0.15, 0.2) is 0 Å². The van der Waals surface area contributed by atoms with E-state index in [1.165, 1.54) is 94.1 Å². The highest BCUT2D eigenvalue weighted by Gasteiger charge is 2.49. The van der Waals surface area contributed by atoms with E-state index in [-0.39, 0.29) is 23.0 Å². The van der Waals surface area contributed by atoms with Gasteiger partial charge in [-0.2, -0.15) is 9.97 Å². The van der Waals surface area contributed by atoms with Gasteiger partial charge in [-0.05, 0) is 155 Å². The van der Waals surface area contributed by atoms with Gasteiger partial charge in [0.2, 0.25) is 5.95 Å². The Morgan fingerprint density at radius 1 is 0.605 bits per heavy atom. The third kappa shape index (κ3) is 7.77. The first-order chi connectivity index (χ1) is 36.6. The van der Waals surface area contributed by atoms with Crippen LogP contribution in [0, 0.1) is 6.92 Å². The van der Waals surface area contributed by atoms with E-state index >= 15 is 0 Å². The number of hydrogen-bond donors (Lipinski definition) is 0. The number of rotatable bonds is 10. The highest BCUT2D eigenvalue weighted by Crippen LogP contribution is 2.52. The minimum atomic E-state index is -0.132. The van der Waals surface area contributed by atoms with Gasteiger partial charge >= 0.3 is 0 Å². The Hall–Kier alpha value is -6.96. The van der Waals surface area contributed by atoms with Crippen LogP contribution in [0.2, 0.25) is 0 Å². The number of aromatic nitrogens is 3. The predicted octanol–water partition coefficient (Wildman–Crippen LogP) is 17.2. The molecule has 0 spiro atoms. The summed E-state index contributed by atoms with van der Waals surface area (Å²) in [6, 6.07) is 56.1. The number of para-hydroxylation sites is 2. The summed E-state index contributed by atoms with van der Waals surface area (Å²) in [5.74, 6) is 2.52. The largest absolute Gasteiger partial charge is 0.295 e. The molecule has 5 heterocycles. The van der Waals surface area contributed by atoms with Gasteiger partial charge in [-0.3, -0.25) is 14.4 Å². The van der Waals surface area contributed by atoms with Gasteiger partial charge < -0.3 is 0 Å². The first-order valence-corrected chi connectivity index (χ1v) is 29.0. The molecule has 0 saturated heterocycles. The van der Waals surface area contributed by atoms with Crippen LogP contribution in [0.3, 0.4) is 0 Å². The van der Waals surface area contributed by atoms with E-state index < -0.39 is 0 Å². The molecule has 3 aliphatic rings. The third-order valence-electron chi connectivity index (χ3n) is 17.5. The van der Waals surface area contributed by atoms with Crippen molar-refractivity contribution in [1.82, 2.24) is 14.5 Å². The SMILES string of the molecule is CCCCc1ccc(-c2cc(CCCC)ccc2N2c3ccc(C(C)(C)C)cc3B3c4sc5cc(C)ccc5c4N(c4ccc5c(c4)C(C)(C)CCC5(C)C)c4nc(-n5c6ccccc6c6ccccc65)nc2c43)cc1. The van der Waals surface area contributed by atoms with Gasteiger partial charge in [0.05, 0.1) is 22.4 Å². The molecule has 380 valence electrons. The second-order valence-corrected chi connectivity index (χ2v) is 25.7. The molecule has 2 aliphatic heterocycles. The summed E-state index contributed by atoms with van der Waals surface area (Å²) < 4.78 is 4.96. The first kappa shape index (κ1) is 48.7. The van der Waals surface area contributed by atoms with Gasteiger partial charge in [-0.15, -0.1) is 11.3 Å². The molecular formula is C69H70BN5S. The molecule has 0 atom stereocenters. The molecule has 7 heteroatoms. The fraction of sp³-hybridized carbons (Fsp3) is 0.304. The number of fused-ring (bicyclic) bond motifs is 10. The molecule has 0 saturated carbocycles. The molecular weight excluding hydrogens is 942 g/mol. The quantitative estimate of drug-likeness (QED) is 0.128. The molecule has 0 radical (unpaired) electrons. The second kappa shape index (κ2) is 18.1. The number of aryl methyl sites for hydroxylation is 3. The minimum Gasteiger partial charge on any atom is -0.295 e. The molecule has 0 N–H and O–H groups in total. The van der Waals surface area contributed by atoms with Crippen molar-refractivity contribution in [3.8, 4) is 17.1 Å². The van der Waals surface area contributed by atoms with Crippen molar-refractivity contribution in [1.29, 1.82) is 0 Å². The Kier molecular flexibility index (Phi) is 11.6. The van der Waals surface area contributed by atoms with E-state index in [9.17, 15) is 0 Å². The van der Waals surface area contributed by atoms with Gasteiger partial charge in [-0.25, -0.2) is 0 Å². The van der Waals surface area contributed by atoms with Gasteiger partial charge in [0.1, 0.15) is 11.6 Å². The lowest BCUT2D eigenvalue weighted by Crippen LogP contribution is -2.61. The summed E-state index contributed by atoms with van der Waals surface area (Å²) in [7, 11) is 0. The summed E-state index contributed by atoms with van der Waals surface area (Å²) >= 11 is 1.95. The van der Waals surface area contributed by atoms with Crippen molar-refractivity contribution in [3.63, 3.8) is 0 Å². The Morgan fingerprint density at radius 3 is 1.92 bits per heavy atom. The molecule has 7 aromatic carbocycles. The summed E-state index contributed by atoms with van der Waals surface area (Å²) in [5, 5.41) is 3.64. The van der Waals surface area contributed by atoms with E-state index in [0.29, 0.717) is 5.95 Å².